The van der Waals surface area contributed by atoms with Crippen LogP contribution in [-0.4, -0.2) is 22.4 Å². The number of hydrogen-bond acceptors (Lipinski definition) is 5. The zero-order valence-electron chi connectivity index (χ0n) is 15.2. The van der Waals surface area contributed by atoms with E-state index in [0.29, 0.717) is 12.5 Å². The summed E-state index contributed by atoms with van der Waals surface area (Å²) >= 11 is 0. The Balaban J connectivity index is 1.36. The summed E-state index contributed by atoms with van der Waals surface area (Å²) in [7, 11) is 0. The number of aromatic nitrogens is 2. The molecule has 2 aliphatic rings. The van der Waals surface area contributed by atoms with Crippen molar-refractivity contribution in [3.8, 4) is 5.88 Å². The van der Waals surface area contributed by atoms with Crippen LogP contribution in [0, 0.1) is 5.92 Å². The lowest BCUT2D eigenvalue weighted by Crippen LogP contribution is -2.12. The highest BCUT2D eigenvalue weighted by Crippen LogP contribution is 2.29. The Bertz CT molecular complexity index is 1010. The smallest absolute Gasteiger partial charge is 0.221 e. The van der Waals surface area contributed by atoms with Gasteiger partial charge in [0.05, 0.1) is 18.8 Å². The molecule has 0 radical (unpaired) electrons. The highest BCUT2D eigenvalue weighted by molar-refractivity contribution is 6.11. The Labute approximate surface area is 158 Å². The van der Waals surface area contributed by atoms with Crippen LogP contribution in [0.5, 0.6) is 5.88 Å². The molecule has 0 saturated heterocycles. The molecule has 5 rings (SSSR count). The van der Waals surface area contributed by atoms with Gasteiger partial charge in [-0.2, -0.15) is 0 Å². The number of amidine groups is 1. The summed E-state index contributed by atoms with van der Waals surface area (Å²) in [6.07, 6.45) is 8.84. The van der Waals surface area contributed by atoms with Gasteiger partial charge in [-0.1, -0.05) is 12.8 Å². The van der Waals surface area contributed by atoms with Crippen molar-refractivity contribution in [2.24, 2.45) is 10.9 Å². The van der Waals surface area contributed by atoms with Crippen LogP contribution >= 0.6 is 0 Å². The van der Waals surface area contributed by atoms with Crippen LogP contribution in [0.4, 0.5) is 5.69 Å². The van der Waals surface area contributed by atoms with Gasteiger partial charge in [0.1, 0.15) is 5.84 Å². The minimum absolute atomic E-state index is 0.634. The first kappa shape index (κ1) is 16.2. The summed E-state index contributed by atoms with van der Waals surface area (Å²) in [5.41, 5.74) is 3.10. The van der Waals surface area contributed by atoms with Crippen LogP contribution < -0.4 is 10.1 Å². The summed E-state index contributed by atoms with van der Waals surface area (Å²) in [5.74, 6) is 2.29. The molecule has 0 unspecified atom stereocenters. The second kappa shape index (κ2) is 6.99. The molecule has 1 aromatic carbocycles. The van der Waals surface area contributed by atoms with Crippen molar-refractivity contribution in [2.75, 3.05) is 11.9 Å². The van der Waals surface area contributed by atoms with Crippen molar-refractivity contribution in [1.82, 2.24) is 9.97 Å². The largest absolute Gasteiger partial charge is 0.477 e. The number of ether oxygens (including phenoxy) is 1. The van der Waals surface area contributed by atoms with Gasteiger partial charge in [0.25, 0.3) is 0 Å². The number of aliphatic imine (C=N–C) groups is 1. The molecule has 1 fully saturated rings. The van der Waals surface area contributed by atoms with Crippen molar-refractivity contribution >= 4 is 22.3 Å². The summed E-state index contributed by atoms with van der Waals surface area (Å²) in [6.45, 7) is 1.40. The molecule has 5 heteroatoms. The van der Waals surface area contributed by atoms with Crippen LogP contribution in [0.3, 0.4) is 0 Å². The van der Waals surface area contributed by atoms with E-state index in [-0.39, 0.29) is 0 Å². The SMILES string of the molecule is c1cnc2c(c1)C(Nc1ccc3c(OCC4CCCC4)nccc3c1)=NC2. The molecule has 5 nitrogen and oxygen atoms in total. The first-order chi connectivity index (χ1) is 13.4. The van der Waals surface area contributed by atoms with Crippen LogP contribution in [-0.2, 0) is 6.54 Å². The Morgan fingerprint density at radius 1 is 1.04 bits per heavy atom. The zero-order valence-corrected chi connectivity index (χ0v) is 15.2. The molecule has 0 amide bonds. The molecule has 1 aliphatic carbocycles. The number of anilines is 1. The average molecular weight is 358 g/mol. The van der Waals surface area contributed by atoms with Gasteiger partial charge in [0.2, 0.25) is 5.88 Å². The van der Waals surface area contributed by atoms with E-state index < -0.39 is 0 Å². The zero-order chi connectivity index (χ0) is 18.1. The molecule has 1 saturated carbocycles. The Hall–Kier alpha value is -2.95. The predicted molar refractivity (Wildman–Crippen MR) is 107 cm³/mol. The highest BCUT2D eigenvalue weighted by Gasteiger charge is 2.18. The van der Waals surface area contributed by atoms with E-state index in [0.717, 1.165) is 46.0 Å². The van der Waals surface area contributed by atoms with Gasteiger partial charge in [-0.3, -0.25) is 9.98 Å². The fraction of sp³-hybridized carbons (Fsp3) is 0.318. The predicted octanol–water partition coefficient (Wildman–Crippen LogP) is 4.57. The van der Waals surface area contributed by atoms with Gasteiger partial charge in [-0.05, 0) is 60.5 Å². The standard InChI is InChI=1S/C22H22N4O/c1-2-5-15(4-1)14-27-22-18-8-7-17(12-16(18)9-11-24-22)26-21-19-6-3-10-23-20(19)13-25-21/h3,6-12,15H,1-2,4-5,13-14H2,(H,25,26). The molecule has 3 heterocycles. The van der Waals surface area contributed by atoms with Crippen LogP contribution in [0.1, 0.15) is 36.9 Å². The molecule has 3 aromatic rings. The Morgan fingerprint density at radius 2 is 1.96 bits per heavy atom. The van der Waals surface area contributed by atoms with Crippen LogP contribution in [0.25, 0.3) is 10.8 Å². The van der Waals surface area contributed by atoms with E-state index in [4.69, 9.17) is 4.74 Å². The maximum absolute atomic E-state index is 6.06. The molecule has 0 spiro atoms. The van der Waals surface area contributed by atoms with E-state index >= 15 is 0 Å². The lowest BCUT2D eigenvalue weighted by molar-refractivity contribution is 0.246. The van der Waals surface area contributed by atoms with Crippen LogP contribution in [0.15, 0.2) is 53.8 Å². The van der Waals surface area contributed by atoms with Crippen molar-refractivity contribution < 1.29 is 4.74 Å². The normalized spacial score (nSPS) is 16.4. The minimum Gasteiger partial charge on any atom is -0.477 e. The molecule has 136 valence electrons. The number of rotatable bonds is 4. The number of pyridine rings is 2. The molecule has 2 aromatic heterocycles. The average Bonchev–Trinajstić information content (AvgIpc) is 3.36. The molecule has 1 N–H and O–H groups in total. The monoisotopic (exact) mass is 358 g/mol. The second-order valence-electron chi connectivity index (χ2n) is 7.30. The third-order valence-corrected chi connectivity index (χ3v) is 5.45. The van der Waals surface area contributed by atoms with Gasteiger partial charge >= 0.3 is 0 Å². The van der Waals surface area contributed by atoms with E-state index in [1.54, 1.807) is 0 Å². The van der Waals surface area contributed by atoms with Crippen LogP contribution in [0.2, 0.25) is 0 Å². The summed E-state index contributed by atoms with van der Waals surface area (Å²) in [5, 5.41) is 5.60. The number of benzene rings is 1. The molecular weight excluding hydrogens is 336 g/mol. The van der Waals surface area contributed by atoms with Crippen molar-refractivity contribution in [2.45, 2.75) is 32.2 Å². The molecule has 27 heavy (non-hydrogen) atoms. The van der Waals surface area contributed by atoms with Crippen molar-refractivity contribution in [1.29, 1.82) is 0 Å². The third-order valence-electron chi connectivity index (χ3n) is 5.45. The van der Waals surface area contributed by atoms with Gasteiger partial charge < -0.3 is 10.1 Å². The quantitative estimate of drug-likeness (QED) is 0.742. The topological polar surface area (TPSA) is 59.4 Å². The fourth-order valence-corrected chi connectivity index (χ4v) is 3.98. The van der Waals surface area contributed by atoms with E-state index in [1.807, 2.05) is 24.5 Å². The number of fused-ring (bicyclic) bond motifs is 2. The summed E-state index contributed by atoms with van der Waals surface area (Å²) in [4.78, 5) is 13.4. The van der Waals surface area contributed by atoms with Gasteiger partial charge in [0, 0.05) is 29.0 Å². The molecular formula is C22H22N4O. The van der Waals surface area contributed by atoms with Gasteiger partial charge in [0.15, 0.2) is 0 Å². The highest BCUT2D eigenvalue weighted by atomic mass is 16.5. The number of nitrogens with zero attached hydrogens (tertiary/aromatic N) is 3. The fourth-order valence-electron chi connectivity index (χ4n) is 3.98. The molecule has 1 aliphatic heterocycles. The molecule has 0 bridgehead atoms. The summed E-state index contributed by atoms with van der Waals surface area (Å²) in [6, 6.07) is 12.3. The van der Waals surface area contributed by atoms with Gasteiger partial charge in [-0.15, -0.1) is 0 Å². The maximum Gasteiger partial charge on any atom is 0.221 e. The maximum atomic E-state index is 6.06. The van der Waals surface area contributed by atoms with Crippen molar-refractivity contribution in [3.63, 3.8) is 0 Å². The van der Waals surface area contributed by atoms with Gasteiger partial charge in [-0.25, -0.2) is 4.98 Å². The minimum atomic E-state index is 0.634. The summed E-state index contributed by atoms with van der Waals surface area (Å²) < 4.78 is 6.06. The number of hydrogen-bond donors (Lipinski definition) is 1. The Kier molecular flexibility index (Phi) is 4.20. The molecule has 0 atom stereocenters. The first-order valence-electron chi connectivity index (χ1n) is 9.64. The van der Waals surface area contributed by atoms with E-state index in [2.05, 4.69) is 44.5 Å². The lowest BCUT2D eigenvalue weighted by Gasteiger charge is -2.13. The second-order valence-corrected chi connectivity index (χ2v) is 7.30. The van der Waals surface area contributed by atoms with Crippen molar-refractivity contribution in [3.05, 3.63) is 60.0 Å². The Morgan fingerprint density at radius 3 is 2.89 bits per heavy atom. The van der Waals surface area contributed by atoms with E-state index in [9.17, 15) is 0 Å². The third kappa shape index (κ3) is 3.25. The lowest BCUT2D eigenvalue weighted by atomic mass is 10.1. The van der Waals surface area contributed by atoms with E-state index in [1.165, 1.54) is 25.7 Å². The first-order valence-corrected chi connectivity index (χ1v) is 9.64. The number of nitrogens with one attached hydrogen (secondary N) is 1.